The maximum absolute atomic E-state index is 11.2. The van der Waals surface area contributed by atoms with Crippen molar-refractivity contribution in [3.8, 4) is 0 Å². The minimum Gasteiger partial charge on any atom is -0.463 e. The molecule has 0 aliphatic rings. The van der Waals surface area contributed by atoms with E-state index in [1.807, 2.05) is 0 Å². The third kappa shape index (κ3) is 9.10. The van der Waals surface area contributed by atoms with Crippen molar-refractivity contribution >= 4 is 17.9 Å². The molecule has 0 radical (unpaired) electrons. The van der Waals surface area contributed by atoms with Gasteiger partial charge < -0.3 is 14.2 Å². The fourth-order valence-electron chi connectivity index (χ4n) is 0.864. The lowest BCUT2D eigenvalue weighted by Gasteiger charge is -2.07. The lowest BCUT2D eigenvalue weighted by atomic mass is 10.3. The van der Waals surface area contributed by atoms with E-state index in [4.69, 9.17) is 9.47 Å². The highest BCUT2D eigenvalue weighted by atomic mass is 16.5. The Balaban J connectivity index is 4.41. The summed E-state index contributed by atoms with van der Waals surface area (Å²) in [6.07, 6.45) is 1.15. The van der Waals surface area contributed by atoms with E-state index in [0.29, 0.717) is 5.57 Å². The first kappa shape index (κ1) is 15.2. The van der Waals surface area contributed by atoms with Gasteiger partial charge in [0.2, 0.25) is 0 Å². The number of hydrogen-bond donors (Lipinski definition) is 0. The lowest BCUT2D eigenvalue weighted by Crippen LogP contribution is -2.13. The topological polar surface area (TPSA) is 78.9 Å². The smallest absolute Gasteiger partial charge is 0.330 e. The standard InChI is InChI=1S/C11H16O6/c1-4-15-11(14)5-10(6-16-8(2)12)7-17-9(3)13/h5H,4,6-7H2,1-3H3. The van der Waals surface area contributed by atoms with Gasteiger partial charge in [-0.05, 0) is 6.92 Å². The molecule has 0 N–H and O–H groups in total. The fraction of sp³-hybridized carbons (Fsp3) is 0.545. The quantitative estimate of drug-likeness (QED) is 0.387. The third-order valence-corrected chi connectivity index (χ3v) is 1.53. The van der Waals surface area contributed by atoms with Crippen molar-refractivity contribution in [3.63, 3.8) is 0 Å². The molecule has 0 aromatic heterocycles. The Morgan fingerprint density at radius 2 is 1.41 bits per heavy atom. The van der Waals surface area contributed by atoms with Gasteiger partial charge in [-0.1, -0.05) is 0 Å². The molecule has 0 saturated carbocycles. The zero-order valence-electron chi connectivity index (χ0n) is 10.1. The maximum Gasteiger partial charge on any atom is 0.330 e. The van der Waals surface area contributed by atoms with Gasteiger partial charge in [0.05, 0.1) is 6.61 Å². The molecular formula is C11H16O6. The summed E-state index contributed by atoms with van der Waals surface area (Å²) < 4.78 is 14.1. The zero-order valence-corrected chi connectivity index (χ0v) is 10.1. The molecule has 17 heavy (non-hydrogen) atoms. The normalized spacial score (nSPS) is 9.12. The van der Waals surface area contributed by atoms with Crippen LogP contribution in [0.1, 0.15) is 20.8 Å². The Kier molecular flexibility index (Phi) is 7.41. The highest BCUT2D eigenvalue weighted by Gasteiger charge is 2.07. The molecule has 96 valence electrons. The first-order valence-electron chi connectivity index (χ1n) is 5.08. The van der Waals surface area contributed by atoms with E-state index >= 15 is 0 Å². The summed E-state index contributed by atoms with van der Waals surface area (Å²) in [5, 5.41) is 0. The minimum atomic E-state index is -0.568. The predicted octanol–water partition coefficient (Wildman–Crippen LogP) is 0.602. The highest BCUT2D eigenvalue weighted by Crippen LogP contribution is 1.99. The summed E-state index contributed by atoms with van der Waals surface area (Å²) in [4.78, 5) is 32.4. The van der Waals surface area contributed by atoms with Gasteiger partial charge in [0, 0.05) is 25.5 Å². The number of hydrogen-bond acceptors (Lipinski definition) is 6. The van der Waals surface area contributed by atoms with Crippen molar-refractivity contribution < 1.29 is 28.6 Å². The molecule has 0 aliphatic heterocycles. The summed E-state index contributed by atoms with van der Waals surface area (Å²) >= 11 is 0. The number of esters is 3. The third-order valence-electron chi connectivity index (χ3n) is 1.53. The van der Waals surface area contributed by atoms with Crippen LogP contribution in [0.5, 0.6) is 0 Å². The molecule has 6 heteroatoms. The predicted molar refractivity (Wildman–Crippen MR) is 58.0 cm³/mol. The van der Waals surface area contributed by atoms with E-state index < -0.39 is 17.9 Å². The van der Waals surface area contributed by atoms with Gasteiger partial charge in [-0.25, -0.2) is 4.79 Å². The van der Waals surface area contributed by atoms with E-state index in [1.54, 1.807) is 6.92 Å². The Hall–Kier alpha value is -1.85. The number of carbonyl (C=O) groups excluding carboxylic acids is 3. The molecule has 0 spiro atoms. The molecule has 0 heterocycles. The van der Waals surface area contributed by atoms with Crippen LogP contribution in [0.25, 0.3) is 0 Å². The Morgan fingerprint density at radius 1 is 0.941 bits per heavy atom. The molecular weight excluding hydrogens is 228 g/mol. The Labute approximate surface area is 99.5 Å². The van der Waals surface area contributed by atoms with Crippen LogP contribution in [0, 0.1) is 0 Å². The van der Waals surface area contributed by atoms with Gasteiger partial charge in [0.1, 0.15) is 13.2 Å². The summed E-state index contributed by atoms with van der Waals surface area (Å²) in [6, 6.07) is 0. The van der Waals surface area contributed by atoms with Gasteiger partial charge in [0.25, 0.3) is 0 Å². The van der Waals surface area contributed by atoms with Crippen molar-refractivity contribution in [1.82, 2.24) is 0 Å². The molecule has 6 nitrogen and oxygen atoms in total. The van der Waals surface area contributed by atoms with Crippen LogP contribution >= 0.6 is 0 Å². The van der Waals surface area contributed by atoms with Crippen LogP contribution in [0.2, 0.25) is 0 Å². The van der Waals surface area contributed by atoms with Crippen LogP contribution in [0.3, 0.4) is 0 Å². The molecule has 0 unspecified atom stereocenters. The first-order chi connectivity index (χ1) is 7.95. The lowest BCUT2D eigenvalue weighted by molar-refractivity contribution is -0.142. The van der Waals surface area contributed by atoms with Crippen molar-refractivity contribution in [1.29, 1.82) is 0 Å². The van der Waals surface area contributed by atoms with Crippen molar-refractivity contribution in [2.45, 2.75) is 20.8 Å². The van der Waals surface area contributed by atoms with Crippen molar-refractivity contribution in [2.24, 2.45) is 0 Å². The van der Waals surface area contributed by atoms with Crippen LogP contribution in [-0.4, -0.2) is 37.7 Å². The largest absolute Gasteiger partial charge is 0.463 e. The zero-order chi connectivity index (χ0) is 13.3. The molecule has 0 fully saturated rings. The molecule has 0 aromatic rings. The van der Waals surface area contributed by atoms with Crippen LogP contribution < -0.4 is 0 Å². The van der Waals surface area contributed by atoms with Gasteiger partial charge in [-0.15, -0.1) is 0 Å². The monoisotopic (exact) mass is 244 g/mol. The Bertz CT molecular complexity index is 298. The average molecular weight is 244 g/mol. The number of rotatable bonds is 6. The Morgan fingerprint density at radius 3 is 1.76 bits per heavy atom. The van der Waals surface area contributed by atoms with E-state index in [-0.39, 0.29) is 19.8 Å². The van der Waals surface area contributed by atoms with Gasteiger partial charge in [0.15, 0.2) is 0 Å². The van der Waals surface area contributed by atoms with Crippen LogP contribution in [0.4, 0.5) is 0 Å². The minimum absolute atomic E-state index is 0.110. The summed E-state index contributed by atoms with van der Waals surface area (Å²) in [7, 11) is 0. The van der Waals surface area contributed by atoms with Gasteiger partial charge >= 0.3 is 17.9 Å². The fourth-order valence-corrected chi connectivity index (χ4v) is 0.864. The second-order valence-electron chi connectivity index (χ2n) is 3.12. The summed E-state index contributed by atoms with van der Waals surface area (Å²) in [5.74, 6) is -1.54. The van der Waals surface area contributed by atoms with Crippen LogP contribution in [0.15, 0.2) is 11.6 Å². The van der Waals surface area contributed by atoms with Gasteiger partial charge in [-0.2, -0.15) is 0 Å². The van der Waals surface area contributed by atoms with E-state index in [1.165, 1.54) is 13.8 Å². The average Bonchev–Trinajstić information content (AvgIpc) is 2.22. The number of carbonyl (C=O) groups is 3. The molecule has 0 rings (SSSR count). The molecule has 0 aromatic carbocycles. The van der Waals surface area contributed by atoms with Crippen molar-refractivity contribution in [2.75, 3.05) is 19.8 Å². The summed E-state index contributed by atoms with van der Waals surface area (Å²) in [5.41, 5.74) is 0.355. The second kappa shape index (κ2) is 8.32. The SMILES string of the molecule is CCOC(=O)C=C(COC(C)=O)COC(C)=O. The highest BCUT2D eigenvalue weighted by molar-refractivity contribution is 5.83. The molecule has 0 saturated heterocycles. The first-order valence-corrected chi connectivity index (χ1v) is 5.08. The molecule has 0 atom stereocenters. The second-order valence-corrected chi connectivity index (χ2v) is 3.12. The number of ether oxygens (including phenoxy) is 3. The van der Waals surface area contributed by atoms with E-state index in [2.05, 4.69) is 4.74 Å². The van der Waals surface area contributed by atoms with E-state index in [0.717, 1.165) is 6.08 Å². The van der Waals surface area contributed by atoms with Gasteiger partial charge in [-0.3, -0.25) is 9.59 Å². The molecule has 0 aliphatic carbocycles. The summed E-state index contributed by atoms with van der Waals surface area (Å²) in [6.45, 7) is 4.18. The molecule has 0 amide bonds. The van der Waals surface area contributed by atoms with Crippen LogP contribution in [-0.2, 0) is 28.6 Å². The molecule has 0 bridgehead atoms. The van der Waals surface area contributed by atoms with E-state index in [9.17, 15) is 14.4 Å². The maximum atomic E-state index is 11.2. The van der Waals surface area contributed by atoms with Crippen molar-refractivity contribution in [3.05, 3.63) is 11.6 Å².